The van der Waals surface area contributed by atoms with Crippen molar-refractivity contribution in [2.75, 3.05) is 0 Å². The van der Waals surface area contributed by atoms with Crippen LogP contribution >= 0.6 is 0 Å². The second-order valence-electron chi connectivity index (χ2n) is 11.6. The first-order chi connectivity index (χ1) is 22.7. The van der Waals surface area contributed by atoms with Crippen molar-refractivity contribution in [2.45, 2.75) is 0 Å². The summed E-state index contributed by atoms with van der Waals surface area (Å²) in [7, 11) is 0. The second-order valence-corrected chi connectivity index (χ2v) is 11.6. The summed E-state index contributed by atoms with van der Waals surface area (Å²) in [4.78, 5) is 0. The van der Waals surface area contributed by atoms with Crippen LogP contribution in [0.2, 0.25) is 0 Å². The number of benzene rings is 7. The summed E-state index contributed by atoms with van der Waals surface area (Å²) in [5, 5.41) is 14.1. The number of fused-ring (bicyclic) bond motifs is 6. The summed E-state index contributed by atoms with van der Waals surface area (Å²) >= 11 is 0. The Morgan fingerprint density at radius 3 is 1.41 bits per heavy atom. The van der Waals surface area contributed by atoms with Gasteiger partial charge in [-0.1, -0.05) is 109 Å². The van der Waals surface area contributed by atoms with Crippen LogP contribution in [-0.4, -0.2) is 0 Å². The second kappa shape index (κ2) is 10.4. The maximum Gasteiger partial charge on any atom is 0.135 e. The van der Waals surface area contributed by atoms with Crippen molar-refractivity contribution in [1.82, 2.24) is 0 Å². The molecular formula is C43H25NO2. The van der Waals surface area contributed by atoms with Crippen LogP contribution in [0.25, 0.3) is 88.4 Å². The van der Waals surface area contributed by atoms with Crippen LogP contribution in [0.1, 0.15) is 5.56 Å². The van der Waals surface area contributed by atoms with Crippen LogP contribution in [0.4, 0.5) is 0 Å². The third kappa shape index (κ3) is 4.13. The molecule has 0 amide bonds. The number of furan rings is 2. The van der Waals surface area contributed by atoms with Crippen molar-refractivity contribution >= 4 is 43.9 Å². The van der Waals surface area contributed by atoms with Crippen molar-refractivity contribution in [2.24, 2.45) is 0 Å². The van der Waals surface area contributed by atoms with Gasteiger partial charge < -0.3 is 8.83 Å². The van der Waals surface area contributed by atoms with Crippen LogP contribution in [-0.2, 0) is 0 Å². The highest BCUT2D eigenvalue weighted by molar-refractivity contribution is 6.09. The molecule has 0 N–H and O–H groups in total. The molecule has 0 aliphatic heterocycles. The molecule has 0 bridgehead atoms. The zero-order valence-corrected chi connectivity index (χ0v) is 24.7. The lowest BCUT2D eigenvalue weighted by molar-refractivity contribution is 0.668. The first-order valence-corrected chi connectivity index (χ1v) is 15.3. The lowest BCUT2D eigenvalue weighted by Gasteiger charge is -2.17. The van der Waals surface area contributed by atoms with Gasteiger partial charge in [-0.3, -0.25) is 0 Å². The minimum absolute atomic E-state index is 0.664. The first-order valence-electron chi connectivity index (χ1n) is 15.3. The molecule has 0 saturated carbocycles. The van der Waals surface area contributed by atoms with Crippen LogP contribution in [0, 0.1) is 11.3 Å². The highest BCUT2D eigenvalue weighted by atomic mass is 16.3. The van der Waals surface area contributed by atoms with Gasteiger partial charge in [0, 0.05) is 21.5 Å². The fourth-order valence-corrected chi connectivity index (χ4v) is 6.78. The first kappa shape index (κ1) is 26.1. The Labute approximate surface area is 265 Å². The Balaban J connectivity index is 1.28. The average Bonchev–Trinajstić information content (AvgIpc) is 3.69. The smallest absolute Gasteiger partial charge is 0.135 e. The van der Waals surface area contributed by atoms with Gasteiger partial charge in [-0.2, -0.15) is 5.26 Å². The van der Waals surface area contributed by atoms with E-state index in [1.54, 1.807) is 0 Å². The lowest BCUT2D eigenvalue weighted by Crippen LogP contribution is -1.91. The molecular weight excluding hydrogens is 562 g/mol. The molecule has 3 heteroatoms. The largest absolute Gasteiger partial charge is 0.456 e. The Kier molecular flexibility index (Phi) is 5.88. The molecule has 0 saturated heterocycles. The van der Waals surface area contributed by atoms with E-state index in [2.05, 4.69) is 109 Å². The molecule has 0 spiro atoms. The quantitative estimate of drug-likeness (QED) is 0.206. The van der Waals surface area contributed by atoms with Crippen molar-refractivity contribution < 1.29 is 8.83 Å². The molecule has 2 heterocycles. The SMILES string of the molecule is N#Cc1ccccc1-c1ccc(-c2c(-c3ccc4oc5ccccc5c4c3)cccc2-c2ccc3oc4ccccc4c3c2)cc1. The van der Waals surface area contributed by atoms with Crippen LogP contribution in [0.15, 0.2) is 160 Å². The fourth-order valence-electron chi connectivity index (χ4n) is 6.78. The number of hydrogen-bond acceptors (Lipinski definition) is 3. The predicted molar refractivity (Wildman–Crippen MR) is 187 cm³/mol. The summed E-state index contributed by atoms with van der Waals surface area (Å²) in [6.45, 7) is 0. The molecule has 46 heavy (non-hydrogen) atoms. The predicted octanol–water partition coefficient (Wildman–Crippen LogP) is 12.0. The highest BCUT2D eigenvalue weighted by Gasteiger charge is 2.18. The number of nitrogens with zero attached hydrogens (tertiary/aromatic N) is 1. The molecule has 9 aromatic rings. The molecule has 214 valence electrons. The van der Waals surface area contributed by atoms with Gasteiger partial charge in [-0.15, -0.1) is 0 Å². The number of nitriles is 1. The van der Waals surface area contributed by atoms with Gasteiger partial charge in [-0.05, 0) is 87.0 Å². The molecule has 7 aromatic carbocycles. The summed E-state index contributed by atoms with van der Waals surface area (Å²) < 4.78 is 12.3. The third-order valence-corrected chi connectivity index (χ3v) is 8.97. The lowest BCUT2D eigenvalue weighted by atomic mass is 9.86. The molecule has 0 fully saturated rings. The normalized spacial score (nSPS) is 11.5. The van der Waals surface area contributed by atoms with E-state index in [1.807, 2.05) is 48.5 Å². The minimum atomic E-state index is 0.664. The maximum atomic E-state index is 9.73. The van der Waals surface area contributed by atoms with E-state index < -0.39 is 0 Å². The number of para-hydroxylation sites is 2. The van der Waals surface area contributed by atoms with E-state index >= 15 is 0 Å². The average molecular weight is 588 g/mol. The fraction of sp³-hybridized carbons (Fsp3) is 0. The molecule has 3 nitrogen and oxygen atoms in total. The summed E-state index contributed by atoms with van der Waals surface area (Å²) in [5.74, 6) is 0. The van der Waals surface area contributed by atoms with Gasteiger partial charge in [0.2, 0.25) is 0 Å². The number of hydrogen-bond donors (Lipinski definition) is 0. The van der Waals surface area contributed by atoms with Crippen molar-refractivity contribution in [3.05, 3.63) is 157 Å². The summed E-state index contributed by atoms with van der Waals surface area (Å²) in [6, 6.07) is 54.5. The van der Waals surface area contributed by atoms with Crippen molar-refractivity contribution in [1.29, 1.82) is 5.26 Å². The Morgan fingerprint density at radius 2 is 0.826 bits per heavy atom. The van der Waals surface area contributed by atoms with E-state index in [1.165, 1.54) is 0 Å². The van der Waals surface area contributed by atoms with E-state index in [-0.39, 0.29) is 0 Å². The van der Waals surface area contributed by atoms with Crippen molar-refractivity contribution in [3.63, 3.8) is 0 Å². The van der Waals surface area contributed by atoms with Crippen LogP contribution in [0.3, 0.4) is 0 Å². The standard InChI is InChI=1S/C43H25NO2/c44-26-31-8-1-2-9-32(31)27-16-18-28(19-17-27)43-33(29-20-22-41-37(24-29)35-10-3-5-14-39(35)45-41)12-7-13-34(43)30-21-23-42-38(25-30)36-11-4-6-15-40(36)46-42/h1-25H. The van der Waals surface area contributed by atoms with Gasteiger partial charge in [0.1, 0.15) is 22.3 Å². The van der Waals surface area contributed by atoms with Gasteiger partial charge in [0.15, 0.2) is 0 Å². The third-order valence-electron chi connectivity index (χ3n) is 8.97. The topological polar surface area (TPSA) is 50.1 Å². The zero-order valence-electron chi connectivity index (χ0n) is 24.7. The maximum absolute atomic E-state index is 9.73. The highest BCUT2D eigenvalue weighted by Crippen LogP contribution is 2.43. The van der Waals surface area contributed by atoms with Gasteiger partial charge in [0.05, 0.1) is 11.6 Å². The molecule has 2 aromatic heterocycles. The van der Waals surface area contributed by atoms with E-state index in [0.717, 1.165) is 88.4 Å². The van der Waals surface area contributed by atoms with Gasteiger partial charge in [-0.25, -0.2) is 0 Å². The van der Waals surface area contributed by atoms with E-state index in [4.69, 9.17) is 8.83 Å². The summed E-state index contributed by atoms with van der Waals surface area (Å²) in [6.07, 6.45) is 0. The summed E-state index contributed by atoms with van der Waals surface area (Å²) in [5.41, 5.74) is 12.9. The monoisotopic (exact) mass is 587 g/mol. The van der Waals surface area contributed by atoms with E-state index in [9.17, 15) is 5.26 Å². The zero-order chi connectivity index (χ0) is 30.6. The number of rotatable bonds is 4. The molecule has 0 atom stereocenters. The van der Waals surface area contributed by atoms with Crippen LogP contribution < -0.4 is 0 Å². The Morgan fingerprint density at radius 1 is 0.370 bits per heavy atom. The van der Waals surface area contributed by atoms with Gasteiger partial charge in [0.25, 0.3) is 0 Å². The Bertz CT molecular complexity index is 2520. The minimum Gasteiger partial charge on any atom is -0.456 e. The molecule has 0 unspecified atom stereocenters. The Hall–Kier alpha value is -6.37. The molecule has 9 rings (SSSR count). The van der Waals surface area contributed by atoms with Crippen molar-refractivity contribution in [3.8, 4) is 50.6 Å². The molecule has 0 aliphatic rings. The molecule has 0 aliphatic carbocycles. The molecule has 0 radical (unpaired) electrons. The van der Waals surface area contributed by atoms with E-state index in [0.29, 0.717) is 5.56 Å². The van der Waals surface area contributed by atoms with Crippen LogP contribution in [0.5, 0.6) is 0 Å². The van der Waals surface area contributed by atoms with Gasteiger partial charge >= 0.3 is 0 Å².